The van der Waals surface area contributed by atoms with E-state index in [1.807, 2.05) is 28.0 Å². The lowest BCUT2D eigenvalue weighted by Crippen LogP contribution is -2.45. The maximum absolute atomic E-state index is 14.8. The van der Waals surface area contributed by atoms with E-state index in [1.165, 1.54) is 17.8 Å². The molecule has 3 saturated heterocycles. The Balaban J connectivity index is 0.00000417. The highest BCUT2D eigenvalue weighted by atomic mass is 32.2. The fourth-order valence-electron chi connectivity index (χ4n) is 6.69. The number of nitrogens with one attached hydrogen (secondary N) is 1. The molecule has 3 aliphatic heterocycles. The van der Waals surface area contributed by atoms with Gasteiger partial charge in [0.05, 0.1) is 10.8 Å². The predicted molar refractivity (Wildman–Crippen MR) is 178 cm³/mol. The molecule has 5 heterocycles. The van der Waals surface area contributed by atoms with Gasteiger partial charge in [-0.1, -0.05) is 20.8 Å². The largest absolute Gasteiger partial charge is 0.369 e. The van der Waals surface area contributed by atoms with Gasteiger partial charge in [0.2, 0.25) is 11.8 Å². The number of aromatic amines is 1. The Bertz CT molecular complexity index is 1610. The summed E-state index contributed by atoms with van der Waals surface area (Å²) in [6.07, 6.45) is 3.86. The molecular formula is C33H46FN7O3S. The molecule has 0 bridgehead atoms. The molecule has 2 aromatic heterocycles. The number of hydrogen-bond acceptors (Lipinski definition) is 7. The number of imidazole rings is 1. The van der Waals surface area contributed by atoms with Crippen molar-refractivity contribution in [3.63, 3.8) is 0 Å². The van der Waals surface area contributed by atoms with E-state index in [2.05, 4.69) is 47.6 Å². The van der Waals surface area contributed by atoms with Gasteiger partial charge < -0.3 is 19.6 Å². The van der Waals surface area contributed by atoms with Gasteiger partial charge in [-0.05, 0) is 62.1 Å². The second-order valence-corrected chi connectivity index (χ2v) is 15.1. The molecule has 3 aromatic rings. The van der Waals surface area contributed by atoms with Gasteiger partial charge >= 0.3 is 5.69 Å². The van der Waals surface area contributed by atoms with E-state index in [4.69, 9.17) is 0 Å². The number of nitrogens with zero attached hydrogens (tertiary/aromatic N) is 6. The molecule has 45 heavy (non-hydrogen) atoms. The van der Waals surface area contributed by atoms with Crippen LogP contribution in [0.1, 0.15) is 64.9 Å². The van der Waals surface area contributed by atoms with Crippen molar-refractivity contribution in [2.75, 3.05) is 57.8 Å². The van der Waals surface area contributed by atoms with E-state index in [0.29, 0.717) is 38.1 Å². The van der Waals surface area contributed by atoms with Crippen LogP contribution in [0.5, 0.6) is 0 Å². The van der Waals surface area contributed by atoms with Gasteiger partial charge in [0.25, 0.3) is 0 Å². The molecule has 0 aliphatic carbocycles. The van der Waals surface area contributed by atoms with E-state index in [-0.39, 0.29) is 48.0 Å². The number of carbonyl (C=O) groups excluding carboxylic acids is 2. The minimum atomic E-state index is -0.536. The van der Waals surface area contributed by atoms with E-state index >= 15 is 0 Å². The van der Waals surface area contributed by atoms with Crippen LogP contribution in [0.25, 0.3) is 11.2 Å². The molecule has 10 nitrogen and oxygen atoms in total. The van der Waals surface area contributed by atoms with Crippen molar-refractivity contribution in [1.82, 2.24) is 29.2 Å². The molecule has 12 heteroatoms. The number of pyridine rings is 1. The Morgan fingerprint density at radius 2 is 1.82 bits per heavy atom. The Kier molecular flexibility index (Phi) is 8.98. The van der Waals surface area contributed by atoms with Gasteiger partial charge in [-0.25, -0.2) is 14.2 Å². The lowest BCUT2D eigenvalue weighted by atomic mass is 9.92. The van der Waals surface area contributed by atoms with Crippen LogP contribution in [0.15, 0.2) is 41.3 Å². The SMILES string of the molecule is CN1CCN(c2ccc(F)cc2[C@@H]2S[C@@H](CC(=O)N3CCC(n4c(=O)[nH]c5ncccc54)CC3)C(=O)N2CCC(C)(C)C)CC1.[HH]. The molecule has 0 unspecified atom stereocenters. The number of anilines is 1. The minimum absolute atomic E-state index is 0. The Morgan fingerprint density at radius 1 is 1.09 bits per heavy atom. The van der Waals surface area contributed by atoms with Crippen LogP contribution in [-0.2, 0) is 9.59 Å². The molecule has 3 aliphatic rings. The molecule has 2 atom stereocenters. The fourth-order valence-corrected chi connectivity index (χ4v) is 8.18. The topological polar surface area (TPSA) is 97.8 Å². The van der Waals surface area contributed by atoms with Crippen LogP contribution in [-0.4, -0.2) is 99.2 Å². The third-order valence-corrected chi connectivity index (χ3v) is 10.8. The van der Waals surface area contributed by atoms with Crippen LogP contribution >= 0.6 is 11.8 Å². The van der Waals surface area contributed by atoms with Crippen molar-refractivity contribution in [1.29, 1.82) is 0 Å². The summed E-state index contributed by atoms with van der Waals surface area (Å²) < 4.78 is 16.6. The number of hydrogen-bond donors (Lipinski definition) is 1. The lowest BCUT2D eigenvalue weighted by molar-refractivity contribution is -0.136. The number of carbonyl (C=O) groups is 2. The number of amides is 2. The molecule has 0 spiro atoms. The number of H-pyrrole nitrogens is 1. The first-order valence-corrected chi connectivity index (χ1v) is 16.9. The molecule has 3 fully saturated rings. The van der Waals surface area contributed by atoms with Crippen LogP contribution in [0.4, 0.5) is 10.1 Å². The number of likely N-dealkylation sites (N-methyl/N-ethyl adjacent to an activating group) is 1. The van der Waals surface area contributed by atoms with Gasteiger partial charge in [0, 0.05) is 77.2 Å². The van der Waals surface area contributed by atoms with Crippen molar-refractivity contribution in [3.8, 4) is 0 Å². The zero-order valence-electron chi connectivity index (χ0n) is 26.7. The third-order valence-electron chi connectivity index (χ3n) is 9.37. The Labute approximate surface area is 269 Å². The molecule has 2 amide bonds. The number of piperidine rings is 1. The first-order valence-electron chi connectivity index (χ1n) is 16.0. The Morgan fingerprint density at radius 3 is 2.53 bits per heavy atom. The number of thioether (sulfide) groups is 1. The second kappa shape index (κ2) is 12.8. The van der Waals surface area contributed by atoms with Gasteiger partial charge in [-0.2, -0.15) is 0 Å². The second-order valence-electron chi connectivity index (χ2n) is 13.8. The number of piperazine rings is 1. The van der Waals surface area contributed by atoms with Gasteiger partial charge in [-0.15, -0.1) is 11.8 Å². The van der Waals surface area contributed by atoms with Crippen LogP contribution in [0, 0.1) is 11.2 Å². The summed E-state index contributed by atoms with van der Waals surface area (Å²) in [6, 6.07) is 8.61. The maximum atomic E-state index is 14.8. The fraction of sp³-hybridized carbons (Fsp3) is 0.576. The Hall–Kier alpha value is -3.38. The first kappa shape index (κ1) is 31.6. The summed E-state index contributed by atoms with van der Waals surface area (Å²) >= 11 is 1.48. The van der Waals surface area contributed by atoms with Crippen LogP contribution in [0.3, 0.4) is 0 Å². The number of aromatic nitrogens is 3. The zero-order valence-corrected chi connectivity index (χ0v) is 27.5. The monoisotopic (exact) mass is 639 g/mol. The normalized spacial score (nSPS) is 22.2. The summed E-state index contributed by atoms with van der Waals surface area (Å²) in [5.41, 5.74) is 2.94. The molecule has 0 saturated carbocycles. The highest BCUT2D eigenvalue weighted by molar-refractivity contribution is 8.01. The molecule has 6 rings (SSSR count). The van der Waals surface area contributed by atoms with Crippen molar-refractivity contribution < 1.29 is 15.4 Å². The highest BCUT2D eigenvalue weighted by Gasteiger charge is 2.44. The van der Waals surface area contributed by atoms with Crippen LogP contribution in [0.2, 0.25) is 0 Å². The number of benzene rings is 1. The van der Waals surface area contributed by atoms with E-state index in [1.54, 1.807) is 16.8 Å². The van der Waals surface area contributed by atoms with Crippen molar-refractivity contribution in [2.45, 2.75) is 63.1 Å². The highest BCUT2D eigenvalue weighted by Crippen LogP contribution is 2.48. The minimum Gasteiger partial charge on any atom is -0.369 e. The number of fused-ring (bicyclic) bond motifs is 1. The van der Waals surface area contributed by atoms with Gasteiger partial charge in [0.1, 0.15) is 11.2 Å². The van der Waals surface area contributed by atoms with Gasteiger partial charge in [-0.3, -0.25) is 19.1 Å². The summed E-state index contributed by atoms with van der Waals surface area (Å²) in [5, 5.41) is -0.901. The van der Waals surface area contributed by atoms with E-state index in [0.717, 1.165) is 49.4 Å². The molecular weight excluding hydrogens is 593 g/mol. The van der Waals surface area contributed by atoms with E-state index < -0.39 is 5.25 Å². The van der Waals surface area contributed by atoms with Crippen molar-refractivity contribution in [2.24, 2.45) is 5.41 Å². The summed E-state index contributed by atoms with van der Waals surface area (Å²) in [5.74, 6) is -0.426. The van der Waals surface area contributed by atoms with E-state index in [9.17, 15) is 18.8 Å². The van der Waals surface area contributed by atoms with Gasteiger partial charge in [0.15, 0.2) is 5.65 Å². The van der Waals surface area contributed by atoms with Crippen LogP contribution < -0.4 is 10.6 Å². The summed E-state index contributed by atoms with van der Waals surface area (Å²) in [7, 11) is 2.10. The smallest absolute Gasteiger partial charge is 0.327 e. The quantitative estimate of drug-likeness (QED) is 0.407. The maximum Gasteiger partial charge on any atom is 0.327 e. The first-order chi connectivity index (χ1) is 21.5. The summed E-state index contributed by atoms with van der Waals surface area (Å²) in [6.45, 7) is 11.5. The average Bonchev–Trinajstić information content (AvgIpc) is 3.51. The molecule has 1 aromatic carbocycles. The number of halogens is 1. The molecule has 1 N–H and O–H groups in total. The molecule has 0 radical (unpaired) electrons. The lowest BCUT2D eigenvalue weighted by Gasteiger charge is -2.37. The number of rotatable bonds is 7. The average molecular weight is 640 g/mol. The predicted octanol–water partition coefficient (Wildman–Crippen LogP) is 4.49. The zero-order chi connectivity index (χ0) is 31.9. The van der Waals surface area contributed by atoms with Crippen molar-refractivity contribution in [3.05, 3.63) is 58.4 Å². The molecule has 244 valence electrons. The van der Waals surface area contributed by atoms with Crippen molar-refractivity contribution >= 4 is 40.4 Å². The third kappa shape index (κ3) is 6.77. The number of likely N-dealkylation sites (tertiary alicyclic amines) is 1. The standard InChI is InChI=1S/C33H44FN7O3S.H2/c1-33(2,3)11-15-40-30(43)27(45-31(40)24-20-22(34)7-8-25(24)38-18-16-37(4)17-19-38)21-28(42)39-13-9-23(10-14-39)41-26-6-5-12-35-29(26)36-32(41)44;/h5-8,12,20,23,27,31H,9-11,13-19,21H2,1-4H3,(H,35,36,44);1H/t27-,31-;/m0./s1. The summed E-state index contributed by atoms with van der Waals surface area (Å²) in [4.78, 5) is 55.7.